The second kappa shape index (κ2) is 8.32. The van der Waals surface area contributed by atoms with Crippen LogP contribution in [0.15, 0.2) is 65.6 Å². The van der Waals surface area contributed by atoms with Crippen molar-refractivity contribution >= 4 is 10.0 Å². The molecule has 0 saturated carbocycles. The molecule has 0 amide bonds. The molecule has 1 aromatic heterocycles. The predicted octanol–water partition coefficient (Wildman–Crippen LogP) is 0.245. The molecule has 0 bridgehead atoms. The summed E-state index contributed by atoms with van der Waals surface area (Å²) in [6.45, 7) is 2.20. The molecule has 0 fully saturated rings. The first-order chi connectivity index (χ1) is 12.5. The number of alkyl halides is 1. The number of rotatable bonds is 7. The van der Waals surface area contributed by atoms with Crippen LogP contribution in [-0.2, 0) is 10.0 Å². The van der Waals surface area contributed by atoms with Crippen LogP contribution in [0.5, 0.6) is 0 Å². The van der Waals surface area contributed by atoms with Gasteiger partial charge in [-0.25, -0.2) is 0 Å². The summed E-state index contributed by atoms with van der Waals surface area (Å²) in [6, 6.07) is 18.8. The molecule has 5 nitrogen and oxygen atoms in total. The summed E-state index contributed by atoms with van der Waals surface area (Å²) in [6.07, 6.45) is 2.42. The third-order valence-corrected chi connectivity index (χ3v) is 7.42. The van der Waals surface area contributed by atoms with Crippen LogP contribution in [0.4, 0.5) is 0 Å². The number of unbranched alkanes of at least 4 members (excludes halogenated alkanes) is 1. The molecule has 7 heteroatoms. The zero-order valence-corrected chi connectivity index (χ0v) is 17.4. The summed E-state index contributed by atoms with van der Waals surface area (Å²) in [5, 5.41) is 10.00. The molecule has 26 heavy (non-hydrogen) atoms. The Morgan fingerprint density at radius 2 is 1.77 bits per heavy atom. The van der Waals surface area contributed by atoms with E-state index in [1.54, 1.807) is 12.1 Å². The van der Waals surface area contributed by atoms with Gasteiger partial charge in [0, 0.05) is 0 Å². The minimum absolute atomic E-state index is 0.102. The predicted molar refractivity (Wildman–Crippen MR) is 98.8 cm³/mol. The van der Waals surface area contributed by atoms with Gasteiger partial charge in [0.05, 0.1) is 0 Å². The van der Waals surface area contributed by atoms with Crippen molar-refractivity contribution in [3.63, 3.8) is 0 Å². The van der Waals surface area contributed by atoms with Crippen molar-refractivity contribution in [1.29, 1.82) is 0 Å². The first kappa shape index (κ1) is 19.1. The summed E-state index contributed by atoms with van der Waals surface area (Å²) < 4.78 is 27.2. The van der Waals surface area contributed by atoms with E-state index in [2.05, 4.69) is 25.1 Å². The average molecular weight is 482 g/mol. The molecule has 0 unspecified atom stereocenters. The van der Waals surface area contributed by atoms with Crippen LogP contribution in [-0.4, -0.2) is 22.6 Å². The Balaban J connectivity index is 2.01. The van der Waals surface area contributed by atoms with Gasteiger partial charge in [0.25, 0.3) is 0 Å². The van der Waals surface area contributed by atoms with Gasteiger partial charge < -0.3 is 0 Å². The fourth-order valence-corrected chi connectivity index (χ4v) is 5.60. The Kier molecular flexibility index (Phi) is 6.10. The number of hydrogen-bond acceptors (Lipinski definition) is 3. The van der Waals surface area contributed by atoms with Gasteiger partial charge in [-0.3, -0.25) is 0 Å². The molecular formula is C19H21IN3O2S-. The standard InChI is InChI=1S/C19H21IN3O2S/c1-2-3-13-20-19-14-18(15-7-5-4-6-8-15)23(22-19)16-9-11-17(12-10-16)26(21,24)25/h4-12,14H,2-3,13H2,1H3,(H2,21,24,25)/q-1. The molecule has 0 spiro atoms. The molecule has 138 valence electrons. The molecule has 1 heterocycles. The van der Waals surface area contributed by atoms with Gasteiger partial charge in [-0.05, 0) is 0 Å². The van der Waals surface area contributed by atoms with Crippen molar-refractivity contribution in [2.45, 2.75) is 24.7 Å². The van der Waals surface area contributed by atoms with E-state index in [9.17, 15) is 8.42 Å². The molecule has 0 radical (unpaired) electrons. The van der Waals surface area contributed by atoms with Gasteiger partial charge in [0.15, 0.2) is 0 Å². The molecule has 3 rings (SSSR count). The Morgan fingerprint density at radius 1 is 1.08 bits per heavy atom. The fraction of sp³-hybridized carbons (Fsp3) is 0.211. The van der Waals surface area contributed by atoms with Crippen LogP contribution in [0.1, 0.15) is 19.8 Å². The number of nitrogens with two attached hydrogens (primary N) is 1. The van der Waals surface area contributed by atoms with E-state index < -0.39 is 10.0 Å². The number of primary sulfonamides is 1. The monoisotopic (exact) mass is 482 g/mol. The van der Waals surface area contributed by atoms with Gasteiger partial charge in [-0.15, -0.1) is 0 Å². The molecule has 0 aliphatic heterocycles. The normalized spacial score (nSPS) is 11.8. The number of sulfonamides is 1. The van der Waals surface area contributed by atoms with E-state index >= 15 is 0 Å². The van der Waals surface area contributed by atoms with Crippen LogP contribution in [0.2, 0.25) is 0 Å². The zero-order chi connectivity index (χ0) is 18.6. The third-order valence-electron chi connectivity index (χ3n) is 3.88. The number of halogens is 1. The third kappa shape index (κ3) is 4.52. The van der Waals surface area contributed by atoms with Crippen molar-refractivity contribution in [1.82, 2.24) is 9.78 Å². The van der Waals surface area contributed by atoms with Gasteiger partial charge in [-0.1, -0.05) is 0 Å². The fourth-order valence-electron chi connectivity index (χ4n) is 2.50. The van der Waals surface area contributed by atoms with Gasteiger partial charge in [0.2, 0.25) is 0 Å². The second-order valence-electron chi connectivity index (χ2n) is 5.85. The van der Waals surface area contributed by atoms with E-state index in [0.29, 0.717) is 0 Å². The maximum atomic E-state index is 11.5. The molecule has 0 saturated heterocycles. The Morgan fingerprint density at radius 3 is 2.38 bits per heavy atom. The van der Waals surface area contributed by atoms with Crippen molar-refractivity contribution in [3.05, 3.63) is 64.4 Å². The SMILES string of the molecule is CCCC[I-]c1cc(-c2ccccc2)n(-c2ccc(S(N)(=O)=O)cc2)n1. The first-order valence-corrected chi connectivity index (χ1v) is 12.5. The van der Waals surface area contributed by atoms with E-state index in [-0.39, 0.29) is 26.1 Å². The van der Waals surface area contributed by atoms with Gasteiger partial charge >= 0.3 is 165 Å². The molecule has 2 aromatic carbocycles. The summed E-state index contributed by atoms with van der Waals surface area (Å²) in [5.74, 6) is 0. The van der Waals surface area contributed by atoms with Crippen LogP contribution in [0.25, 0.3) is 16.9 Å². The molecule has 2 N–H and O–H groups in total. The molecule has 0 aliphatic carbocycles. The average Bonchev–Trinajstić information content (AvgIpc) is 3.06. The molecular weight excluding hydrogens is 461 g/mol. The number of aromatic nitrogens is 2. The van der Waals surface area contributed by atoms with E-state index in [1.165, 1.54) is 29.4 Å². The Hall–Kier alpha value is -1.71. The van der Waals surface area contributed by atoms with Crippen molar-refractivity contribution in [2.75, 3.05) is 4.43 Å². The summed E-state index contributed by atoms with van der Waals surface area (Å²) in [4.78, 5) is 0.102. The summed E-state index contributed by atoms with van der Waals surface area (Å²) in [5.41, 5.74) is 2.92. The molecule has 3 aromatic rings. The summed E-state index contributed by atoms with van der Waals surface area (Å²) in [7, 11) is -3.70. The van der Waals surface area contributed by atoms with Crippen molar-refractivity contribution in [3.8, 4) is 16.9 Å². The van der Waals surface area contributed by atoms with Crippen molar-refractivity contribution in [2.24, 2.45) is 5.14 Å². The second-order valence-corrected chi connectivity index (χ2v) is 10.4. The first-order valence-electron chi connectivity index (χ1n) is 8.37. The van der Waals surface area contributed by atoms with Crippen LogP contribution >= 0.6 is 0 Å². The zero-order valence-electron chi connectivity index (χ0n) is 14.5. The van der Waals surface area contributed by atoms with E-state index in [4.69, 9.17) is 10.2 Å². The van der Waals surface area contributed by atoms with Crippen molar-refractivity contribution < 1.29 is 29.6 Å². The van der Waals surface area contributed by atoms with Crippen LogP contribution in [0.3, 0.4) is 0 Å². The number of nitrogens with zero attached hydrogens (tertiary/aromatic N) is 2. The van der Waals surface area contributed by atoms with E-state index in [0.717, 1.165) is 20.6 Å². The molecule has 0 atom stereocenters. The topological polar surface area (TPSA) is 78.0 Å². The summed E-state index contributed by atoms with van der Waals surface area (Å²) >= 11 is -0.133. The molecule has 0 aliphatic rings. The van der Waals surface area contributed by atoms with Gasteiger partial charge in [0.1, 0.15) is 0 Å². The maximum absolute atomic E-state index is 11.5. The minimum atomic E-state index is -3.70. The van der Waals surface area contributed by atoms with Crippen LogP contribution in [0, 0.1) is 3.70 Å². The Bertz CT molecular complexity index is 968. The van der Waals surface area contributed by atoms with Crippen LogP contribution < -0.4 is 26.3 Å². The quantitative estimate of drug-likeness (QED) is 0.298. The number of benzene rings is 2. The number of hydrogen-bond donors (Lipinski definition) is 1. The van der Waals surface area contributed by atoms with Gasteiger partial charge in [-0.2, -0.15) is 0 Å². The van der Waals surface area contributed by atoms with E-state index in [1.807, 2.05) is 22.9 Å². The Labute approximate surface area is 164 Å².